The molecule has 2 saturated heterocycles. The summed E-state index contributed by atoms with van der Waals surface area (Å²) in [6.45, 7) is 6.84. The fraction of sp³-hybridized carbons (Fsp3) is 0.394. The second kappa shape index (κ2) is 14.8. The normalized spacial score (nSPS) is 16.4. The van der Waals surface area contributed by atoms with Crippen LogP contribution in [0.1, 0.15) is 28.9 Å². The maximum atomic E-state index is 13.0. The molecule has 1 aromatic heterocycles. The van der Waals surface area contributed by atoms with Crippen molar-refractivity contribution in [2.75, 3.05) is 64.7 Å². The van der Waals surface area contributed by atoms with E-state index in [1.54, 1.807) is 29.1 Å². The van der Waals surface area contributed by atoms with Gasteiger partial charge >= 0.3 is 6.09 Å². The molecule has 0 atom stereocenters. The number of para-hydroxylation sites is 1. The van der Waals surface area contributed by atoms with Gasteiger partial charge in [-0.1, -0.05) is 54.6 Å². The molecule has 0 saturated carbocycles. The van der Waals surface area contributed by atoms with Crippen molar-refractivity contribution in [2.45, 2.75) is 25.5 Å². The van der Waals surface area contributed by atoms with Crippen LogP contribution in [0.3, 0.4) is 0 Å². The van der Waals surface area contributed by atoms with Crippen molar-refractivity contribution in [3.8, 4) is 11.1 Å². The molecule has 3 aromatic rings. The zero-order valence-electron chi connectivity index (χ0n) is 24.7. The number of ether oxygens (including phenoxy) is 1. The van der Waals surface area contributed by atoms with Crippen LogP contribution in [-0.4, -0.2) is 109 Å². The summed E-state index contributed by atoms with van der Waals surface area (Å²) in [6, 6.07) is 21.4. The quantitative estimate of drug-likeness (QED) is 0.362. The van der Waals surface area contributed by atoms with E-state index in [1.807, 2.05) is 60.7 Å². The van der Waals surface area contributed by atoms with E-state index in [4.69, 9.17) is 4.74 Å². The Morgan fingerprint density at radius 3 is 2.35 bits per heavy atom. The molecule has 5 rings (SSSR count). The zero-order valence-corrected chi connectivity index (χ0v) is 24.7. The molecule has 2 fully saturated rings. The van der Waals surface area contributed by atoms with Crippen LogP contribution in [0.5, 0.6) is 0 Å². The van der Waals surface area contributed by atoms with Crippen molar-refractivity contribution >= 4 is 24.1 Å². The smallest absolute Gasteiger partial charge is 0.411 e. The molecule has 226 valence electrons. The highest BCUT2D eigenvalue weighted by molar-refractivity contribution is 5.92. The maximum Gasteiger partial charge on any atom is 0.411 e. The van der Waals surface area contributed by atoms with Crippen LogP contribution in [0.4, 0.5) is 10.5 Å². The standard InChI is InChI=1S/C33H40N6O4/c1-36(32(41)31-12-11-26(23-34-31)24-38-19-21-39(25-40)22-20-38)17-18-37-15-13-28(14-16-37)43-33(42)35-30-10-6-5-9-29(30)27-7-3-2-4-8-27/h2-12,23,25,28H,13-22,24H2,1H3,(H,35,42). The Hall–Kier alpha value is -4.28. The third-order valence-corrected chi connectivity index (χ3v) is 8.16. The van der Waals surface area contributed by atoms with E-state index in [9.17, 15) is 14.4 Å². The van der Waals surface area contributed by atoms with Crippen LogP contribution in [0, 0.1) is 0 Å². The highest BCUT2D eigenvalue weighted by Gasteiger charge is 2.24. The summed E-state index contributed by atoms with van der Waals surface area (Å²) >= 11 is 0. The molecule has 10 nitrogen and oxygen atoms in total. The van der Waals surface area contributed by atoms with E-state index < -0.39 is 6.09 Å². The molecule has 0 spiro atoms. The summed E-state index contributed by atoms with van der Waals surface area (Å²) in [5.41, 5.74) is 4.19. The molecule has 3 heterocycles. The van der Waals surface area contributed by atoms with Gasteiger partial charge in [-0.25, -0.2) is 4.79 Å². The number of amides is 3. The summed E-state index contributed by atoms with van der Waals surface area (Å²) < 4.78 is 5.75. The SMILES string of the molecule is CN(CCN1CCC(OC(=O)Nc2ccccc2-c2ccccc2)CC1)C(=O)c1ccc(CN2CCN(C=O)CC2)cn1. The number of anilines is 1. The average Bonchev–Trinajstić information content (AvgIpc) is 3.05. The van der Waals surface area contributed by atoms with Crippen molar-refractivity contribution in [1.29, 1.82) is 0 Å². The van der Waals surface area contributed by atoms with Gasteiger partial charge in [-0.2, -0.15) is 0 Å². The number of nitrogens with one attached hydrogen (secondary N) is 1. The topological polar surface area (TPSA) is 98.3 Å². The minimum absolute atomic E-state index is 0.100. The molecular weight excluding hydrogens is 544 g/mol. The Morgan fingerprint density at radius 1 is 0.930 bits per heavy atom. The van der Waals surface area contributed by atoms with Gasteiger partial charge in [0.1, 0.15) is 11.8 Å². The van der Waals surface area contributed by atoms with Gasteiger partial charge in [-0.15, -0.1) is 0 Å². The van der Waals surface area contributed by atoms with Gasteiger partial charge in [0.05, 0.1) is 5.69 Å². The number of carbonyl (C=O) groups excluding carboxylic acids is 3. The summed E-state index contributed by atoms with van der Waals surface area (Å²) in [5, 5.41) is 2.92. The minimum atomic E-state index is -0.439. The fourth-order valence-corrected chi connectivity index (χ4v) is 5.52. The molecule has 3 amide bonds. The molecule has 0 aliphatic carbocycles. The molecule has 2 aromatic carbocycles. The monoisotopic (exact) mass is 584 g/mol. The predicted octanol–water partition coefficient (Wildman–Crippen LogP) is 3.81. The van der Waals surface area contributed by atoms with Crippen LogP contribution in [-0.2, 0) is 16.1 Å². The lowest BCUT2D eigenvalue weighted by atomic mass is 10.0. The highest BCUT2D eigenvalue weighted by Crippen LogP contribution is 2.28. The number of hydrogen-bond acceptors (Lipinski definition) is 7. The molecule has 2 aliphatic heterocycles. The van der Waals surface area contributed by atoms with Gasteiger partial charge in [-0.3, -0.25) is 24.8 Å². The van der Waals surface area contributed by atoms with Gasteiger partial charge in [0, 0.05) is 77.7 Å². The number of benzene rings is 2. The number of carbonyl (C=O) groups is 3. The lowest BCUT2D eigenvalue weighted by Gasteiger charge is -2.32. The molecule has 43 heavy (non-hydrogen) atoms. The third kappa shape index (κ3) is 8.39. The van der Waals surface area contributed by atoms with Crippen LogP contribution >= 0.6 is 0 Å². The van der Waals surface area contributed by atoms with Crippen LogP contribution in [0.2, 0.25) is 0 Å². The van der Waals surface area contributed by atoms with Gasteiger partial charge in [0.25, 0.3) is 5.91 Å². The summed E-state index contributed by atoms with van der Waals surface area (Å²) in [5.74, 6) is -0.100. The Bertz CT molecular complexity index is 1350. The number of pyridine rings is 1. The van der Waals surface area contributed by atoms with Crippen molar-refractivity contribution in [3.63, 3.8) is 0 Å². The molecule has 1 N–H and O–H groups in total. The minimum Gasteiger partial charge on any atom is -0.446 e. The highest BCUT2D eigenvalue weighted by atomic mass is 16.6. The van der Waals surface area contributed by atoms with Gasteiger partial charge in [0.15, 0.2) is 0 Å². The summed E-state index contributed by atoms with van der Waals surface area (Å²) in [6.07, 6.45) is 3.59. The van der Waals surface area contributed by atoms with Crippen LogP contribution < -0.4 is 5.32 Å². The second-order valence-corrected chi connectivity index (χ2v) is 11.2. The number of nitrogens with zero attached hydrogens (tertiary/aromatic N) is 5. The Labute approximate surface area is 253 Å². The Kier molecular flexibility index (Phi) is 10.4. The van der Waals surface area contributed by atoms with Crippen LogP contribution in [0.15, 0.2) is 72.9 Å². The van der Waals surface area contributed by atoms with Gasteiger partial charge in [-0.05, 0) is 36.1 Å². The lowest BCUT2D eigenvalue weighted by Crippen LogP contribution is -2.45. The average molecular weight is 585 g/mol. The third-order valence-electron chi connectivity index (χ3n) is 8.16. The maximum absolute atomic E-state index is 13.0. The Morgan fingerprint density at radius 2 is 1.65 bits per heavy atom. The summed E-state index contributed by atoms with van der Waals surface area (Å²) in [4.78, 5) is 49.1. The van der Waals surface area contributed by atoms with Crippen molar-refractivity contribution in [1.82, 2.24) is 24.6 Å². The van der Waals surface area contributed by atoms with E-state index in [0.717, 1.165) is 94.0 Å². The molecule has 0 unspecified atom stereocenters. The van der Waals surface area contributed by atoms with E-state index in [-0.39, 0.29) is 12.0 Å². The van der Waals surface area contributed by atoms with Crippen LogP contribution in [0.25, 0.3) is 11.1 Å². The largest absolute Gasteiger partial charge is 0.446 e. The number of likely N-dealkylation sites (tertiary alicyclic amines) is 1. The second-order valence-electron chi connectivity index (χ2n) is 11.2. The number of rotatable bonds is 10. The van der Waals surface area contributed by atoms with E-state index in [1.165, 1.54) is 0 Å². The number of hydrogen-bond donors (Lipinski definition) is 1. The van der Waals surface area contributed by atoms with Gasteiger partial charge in [0.2, 0.25) is 6.41 Å². The predicted molar refractivity (Wildman–Crippen MR) is 166 cm³/mol. The lowest BCUT2D eigenvalue weighted by molar-refractivity contribution is -0.119. The molecule has 0 radical (unpaired) electrons. The van der Waals surface area contributed by atoms with Crippen molar-refractivity contribution < 1.29 is 19.1 Å². The zero-order chi connectivity index (χ0) is 30.0. The molecular formula is C33H40N6O4. The summed E-state index contributed by atoms with van der Waals surface area (Å²) in [7, 11) is 1.80. The van der Waals surface area contributed by atoms with Gasteiger partial charge < -0.3 is 19.4 Å². The number of aromatic nitrogens is 1. The first kappa shape index (κ1) is 30.2. The molecule has 0 bridgehead atoms. The molecule has 10 heteroatoms. The molecule has 2 aliphatic rings. The number of piperazine rings is 1. The van der Waals surface area contributed by atoms with Crippen molar-refractivity contribution in [2.24, 2.45) is 0 Å². The first-order valence-electron chi connectivity index (χ1n) is 14.9. The first-order chi connectivity index (χ1) is 21.0. The number of likely N-dealkylation sites (N-methyl/N-ethyl adjacent to an activating group) is 1. The van der Waals surface area contributed by atoms with E-state index in [2.05, 4.69) is 20.1 Å². The first-order valence-corrected chi connectivity index (χ1v) is 14.9. The number of piperidine rings is 1. The van der Waals surface area contributed by atoms with E-state index >= 15 is 0 Å². The van der Waals surface area contributed by atoms with E-state index in [0.29, 0.717) is 12.2 Å². The fourth-order valence-electron chi connectivity index (χ4n) is 5.52. The Balaban J connectivity index is 1.02. The van der Waals surface area contributed by atoms with Crippen molar-refractivity contribution in [3.05, 3.63) is 84.2 Å².